The standard InChI is InChI=1S/C18H19N5/c1-14-22-17(20-12-15-5-3-2-4-6-15)11-18(23-14)21-13-16-7-9-19-10-8-16/h2-11H,12-13H2,1H3,(H2,20,21,22,23). The Morgan fingerprint density at radius 1 is 0.783 bits per heavy atom. The molecule has 0 saturated heterocycles. The van der Waals surface area contributed by atoms with Gasteiger partial charge in [0.25, 0.3) is 0 Å². The minimum atomic E-state index is 0.705. The lowest BCUT2D eigenvalue weighted by atomic mass is 10.2. The number of anilines is 2. The lowest BCUT2D eigenvalue weighted by Gasteiger charge is -2.10. The second-order valence-electron chi connectivity index (χ2n) is 5.23. The Balaban J connectivity index is 1.64. The molecular weight excluding hydrogens is 286 g/mol. The van der Waals surface area contributed by atoms with E-state index in [0.717, 1.165) is 29.6 Å². The number of hydrogen-bond acceptors (Lipinski definition) is 5. The van der Waals surface area contributed by atoms with Crippen molar-refractivity contribution >= 4 is 11.6 Å². The predicted molar refractivity (Wildman–Crippen MR) is 92.1 cm³/mol. The summed E-state index contributed by atoms with van der Waals surface area (Å²) in [5, 5.41) is 6.66. The van der Waals surface area contributed by atoms with Gasteiger partial charge in [-0.1, -0.05) is 30.3 Å². The molecule has 2 heterocycles. The second kappa shape index (κ2) is 7.35. The molecule has 0 bridgehead atoms. The van der Waals surface area contributed by atoms with E-state index >= 15 is 0 Å². The van der Waals surface area contributed by atoms with Gasteiger partial charge in [-0.05, 0) is 30.2 Å². The van der Waals surface area contributed by atoms with E-state index in [0.29, 0.717) is 6.54 Å². The van der Waals surface area contributed by atoms with Gasteiger partial charge in [0, 0.05) is 31.5 Å². The van der Waals surface area contributed by atoms with E-state index in [1.165, 1.54) is 5.56 Å². The number of nitrogens with zero attached hydrogens (tertiary/aromatic N) is 3. The topological polar surface area (TPSA) is 62.7 Å². The molecule has 3 rings (SSSR count). The summed E-state index contributed by atoms with van der Waals surface area (Å²) in [5.74, 6) is 2.36. The monoisotopic (exact) mass is 305 g/mol. The van der Waals surface area contributed by atoms with Crippen LogP contribution in [0, 0.1) is 6.92 Å². The summed E-state index contributed by atoms with van der Waals surface area (Å²) in [4.78, 5) is 12.9. The summed E-state index contributed by atoms with van der Waals surface area (Å²) in [6.45, 7) is 3.34. The average molecular weight is 305 g/mol. The molecule has 0 atom stereocenters. The molecule has 3 aromatic rings. The lowest BCUT2D eigenvalue weighted by molar-refractivity contribution is 1.00. The smallest absolute Gasteiger partial charge is 0.132 e. The molecule has 0 fully saturated rings. The summed E-state index contributed by atoms with van der Waals surface area (Å²) in [7, 11) is 0. The maximum Gasteiger partial charge on any atom is 0.132 e. The first-order valence-electron chi connectivity index (χ1n) is 7.56. The Morgan fingerprint density at radius 3 is 1.96 bits per heavy atom. The first-order chi connectivity index (χ1) is 11.3. The van der Waals surface area contributed by atoms with Crippen molar-refractivity contribution in [3.63, 3.8) is 0 Å². The molecule has 116 valence electrons. The van der Waals surface area contributed by atoms with Gasteiger partial charge in [0.15, 0.2) is 0 Å². The van der Waals surface area contributed by atoms with Crippen LogP contribution in [0.25, 0.3) is 0 Å². The van der Waals surface area contributed by atoms with Crippen LogP contribution < -0.4 is 10.6 Å². The molecule has 23 heavy (non-hydrogen) atoms. The highest BCUT2D eigenvalue weighted by molar-refractivity contribution is 5.48. The highest BCUT2D eigenvalue weighted by atomic mass is 15.1. The second-order valence-corrected chi connectivity index (χ2v) is 5.23. The first kappa shape index (κ1) is 15.0. The quantitative estimate of drug-likeness (QED) is 0.731. The van der Waals surface area contributed by atoms with Crippen LogP contribution >= 0.6 is 0 Å². The van der Waals surface area contributed by atoms with Gasteiger partial charge in [0.1, 0.15) is 17.5 Å². The van der Waals surface area contributed by atoms with Gasteiger partial charge in [-0.3, -0.25) is 4.98 Å². The van der Waals surface area contributed by atoms with Gasteiger partial charge in [-0.25, -0.2) is 9.97 Å². The van der Waals surface area contributed by atoms with E-state index in [9.17, 15) is 0 Å². The summed E-state index contributed by atoms with van der Waals surface area (Å²) < 4.78 is 0. The number of hydrogen-bond donors (Lipinski definition) is 2. The Bertz CT molecular complexity index is 682. The van der Waals surface area contributed by atoms with Crippen molar-refractivity contribution in [1.29, 1.82) is 0 Å². The van der Waals surface area contributed by atoms with E-state index in [1.54, 1.807) is 12.4 Å². The van der Waals surface area contributed by atoms with Crippen LogP contribution in [0.15, 0.2) is 60.9 Å². The number of pyridine rings is 1. The maximum atomic E-state index is 4.43. The third-order valence-electron chi connectivity index (χ3n) is 3.38. The van der Waals surface area contributed by atoms with Crippen LogP contribution in [0.3, 0.4) is 0 Å². The van der Waals surface area contributed by atoms with Crippen LogP contribution in [0.5, 0.6) is 0 Å². The molecule has 0 aliphatic heterocycles. The number of aromatic nitrogens is 3. The zero-order valence-electron chi connectivity index (χ0n) is 13.0. The SMILES string of the molecule is Cc1nc(NCc2ccccc2)cc(NCc2ccncc2)n1. The van der Waals surface area contributed by atoms with Gasteiger partial charge in [0.05, 0.1) is 0 Å². The third kappa shape index (κ3) is 4.51. The van der Waals surface area contributed by atoms with Crippen LogP contribution in [0.4, 0.5) is 11.6 Å². The van der Waals surface area contributed by atoms with Crippen LogP contribution in [-0.4, -0.2) is 15.0 Å². The van der Waals surface area contributed by atoms with Crippen LogP contribution in [0.2, 0.25) is 0 Å². The number of rotatable bonds is 6. The van der Waals surface area contributed by atoms with E-state index in [2.05, 4.69) is 37.7 Å². The fourth-order valence-corrected chi connectivity index (χ4v) is 2.23. The van der Waals surface area contributed by atoms with Crippen molar-refractivity contribution < 1.29 is 0 Å². The minimum absolute atomic E-state index is 0.705. The molecule has 0 unspecified atom stereocenters. The van der Waals surface area contributed by atoms with Crippen LogP contribution in [-0.2, 0) is 13.1 Å². The summed E-state index contributed by atoms with van der Waals surface area (Å²) >= 11 is 0. The number of aryl methyl sites for hydroxylation is 1. The lowest BCUT2D eigenvalue weighted by Crippen LogP contribution is -2.07. The maximum absolute atomic E-state index is 4.43. The number of nitrogens with one attached hydrogen (secondary N) is 2. The van der Waals surface area contributed by atoms with Crippen molar-refractivity contribution in [2.24, 2.45) is 0 Å². The summed E-state index contributed by atoms with van der Waals surface area (Å²) in [6, 6.07) is 16.1. The zero-order valence-corrected chi connectivity index (χ0v) is 13.0. The van der Waals surface area contributed by atoms with Gasteiger partial charge in [-0.2, -0.15) is 0 Å². The van der Waals surface area contributed by atoms with Gasteiger partial charge >= 0.3 is 0 Å². The molecule has 1 aromatic carbocycles. The molecule has 0 radical (unpaired) electrons. The summed E-state index contributed by atoms with van der Waals surface area (Å²) in [5.41, 5.74) is 2.38. The van der Waals surface area contributed by atoms with Crippen LogP contribution in [0.1, 0.15) is 17.0 Å². The third-order valence-corrected chi connectivity index (χ3v) is 3.38. The molecule has 0 saturated carbocycles. The van der Waals surface area contributed by atoms with E-state index in [-0.39, 0.29) is 0 Å². The molecule has 0 aliphatic carbocycles. The molecule has 2 N–H and O–H groups in total. The van der Waals surface area contributed by atoms with E-state index < -0.39 is 0 Å². The average Bonchev–Trinajstić information content (AvgIpc) is 2.60. The molecule has 0 amide bonds. The largest absolute Gasteiger partial charge is 0.366 e. The summed E-state index contributed by atoms with van der Waals surface area (Å²) in [6.07, 6.45) is 3.57. The van der Waals surface area contributed by atoms with Gasteiger partial charge in [-0.15, -0.1) is 0 Å². The normalized spacial score (nSPS) is 10.3. The predicted octanol–water partition coefficient (Wildman–Crippen LogP) is 3.40. The van der Waals surface area contributed by atoms with E-state index in [4.69, 9.17) is 0 Å². The minimum Gasteiger partial charge on any atom is -0.366 e. The zero-order chi connectivity index (χ0) is 15.9. The highest BCUT2D eigenvalue weighted by Gasteiger charge is 2.02. The van der Waals surface area contributed by atoms with Crippen molar-refractivity contribution in [2.75, 3.05) is 10.6 Å². The van der Waals surface area contributed by atoms with Crippen molar-refractivity contribution in [2.45, 2.75) is 20.0 Å². The Kier molecular flexibility index (Phi) is 4.79. The fourth-order valence-electron chi connectivity index (χ4n) is 2.23. The molecule has 0 aliphatic rings. The Labute approximate surface area is 135 Å². The van der Waals surface area contributed by atoms with Crippen molar-refractivity contribution in [1.82, 2.24) is 15.0 Å². The molecule has 5 heteroatoms. The van der Waals surface area contributed by atoms with Gasteiger partial charge < -0.3 is 10.6 Å². The Hall–Kier alpha value is -2.95. The Morgan fingerprint density at radius 2 is 1.35 bits per heavy atom. The van der Waals surface area contributed by atoms with Gasteiger partial charge in [0.2, 0.25) is 0 Å². The number of benzene rings is 1. The fraction of sp³-hybridized carbons (Fsp3) is 0.167. The molecule has 2 aromatic heterocycles. The molecule has 5 nitrogen and oxygen atoms in total. The van der Waals surface area contributed by atoms with E-state index in [1.807, 2.05) is 43.3 Å². The van der Waals surface area contributed by atoms with Crippen molar-refractivity contribution in [3.8, 4) is 0 Å². The molecule has 0 spiro atoms. The molecular formula is C18H19N5. The first-order valence-corrected chi connectivity index (χ1v) is 7.56. The van der Waals surface area contributed by atoms with Crippen molar-refractivity contribution in [3.05, 3.63) is 77.9 Å². The highest BCUT2D eigenvalue weighted by Crippen LogP contribution is 2.13.